The summed E-state index contributed by atoms with van der Waals surface area (Å²) >= 11 is 23.3. The van der Waals surface area contributed by atoms with Crippen LogP contribution in [-0.2, 0) is 0 Å². The fourth-order valence-corrected chi connectivity index (χ4v) is 2.79. The average molecular weight is 447 g/mol. The first-order chi connectivity index (χ1) is 12.7. The van der Waals surface area contributed by atoms with Crippen LogP contribution in [0, 0.1) is 6.92 Å². The summed E-state index contributed by atoms with van der Waals surface area (Å²) in [6.07, 6.45) is -1.06. The van der Waals surface area contributed by atoms with E-state index in [4.69, 9.17) is 51.8 Å². The molecule has 5 nitrogen and oxygen atoms in total. The van der Waals surface area contributed by atoms with E-state index in [-0.39, 0.29) is 5.11 Å². The lowest BCUT2D eigenvalue weighted by molar-refractivity contribution is 0.0934. The number of benzene rings is 2. The Balaban J connectivity index is 2.10. The third kappa shape index (κ3) is 6.43. The van der Waals surface area contributed by atoms with E-state index in [0.29, 0.717) is 17.0 Å². The largest absolute Gasteiger partial charge is 0.495 e. The molecule has 1 amide bonds. The monoisotopic (exact) mass is 445 g/mol. The van der Waals surface area contributed by atoms with Crippen LogP contribution >= 0.6 is 47.0 Å². The van der Waals surface area contributed by atoms with E-state index in [0.717, 1.165) is 5.56 Å². The first-order valence-electron chi connectivity index (χ1n) is 7.85. The molecule has 1 unspecified atom stereocenters. The van der Waals surface area contributed by atoms with Crippen LogP contribution in [0.25, 0.3) is 0 Å². The van der Waals surface area contributed by atoms with Crippen LogP contribution in [0.2, 0.25) is 0 Å². The lowest BCUT2D eigenvalue weighted by atomic mass is 10.1. The molecule has 0 saturated heterocycles. The van der Waals surface area contributed by atoms with Gasteiger partial charge in [-0.1, -0.05) is 64.6 Å². The number of carbonyl (C=O) groups excluding carboxylic acids is 1. The quantitative estimate of drug-likeness (QED) is 0.361. The van der Waals surface area contributed by atoms with Gasteiger partial charge in [0.25, 0.3) is 5.91 Å². The molecular weight excluding hydrogens is 429 g/mol. The molecule has 0 saturated carbocycles. The topological polar surface area (TPSA) is 62.4 Å². The van der Waals surface area contributed by atoms with Crippen LogP contribution in [0.1, 0.15) is 15.9 Å². The molecule has 0 aliphatic rings. The second-order valence-electron chi connectivity index (χ2n) is 5.62. The summed E-state index contributed by atoms with van der Waals surface area (Å²) in [6, 6.07) is 14.3. The Morgan fingerprint density at radius 1 is 1.11 bits per heavy atom. The number of para-hydroxylation sites is 2. The highest BCUT2D eigenvalue weighted by molar-refractivity contribution is 7.80. The van der Waals surface area contributed by atoms with Gasteiger partial charge in [0.2, 0.25) is 3.79 Å². The van der Waals surface area contributed by atoms with E-state index in [1.54, 1.807) is 37.4 Å². The smallest absolute Gasteiger partial charge is 0.252 e. The summed E-state index contributed by atoms with van der Waals surface area (Å²) in [6.45, 7) is 1.88. The third-order valence-electron chi connectivity index (χ3n) is 3.51. The Kier molecular flexibility index (Phi) is 7.56. The standard InChI is InChI=1S/C18H18Cl3N3O2S/c1-11-6-5-7-12(10-11)15(25)23-16(18(19,20)21)24-17(27)22-13-8-3-4-9-14(13)26-2/h3-10,16H,1-2H3,(H,23,25)(H2,22,24,27). The van der Waals surface area contributed by atoms with Gasteiger partial charge in [-0.15, -0.1) is 0 Å². The van der Waals surface area contributed by atoms with Crippen molar-refractivity contribution in [3.8, 4) is 5.75 Å². The first kappa shape index (κ1) is 21.6. The van der Waals surface area contributed by atoms with Crippen LogP contribution in [0.5, 0.6) is 5.75 Å². The fourth-order valence-electron chi connectivity index (χ4n) is 2.24. The van der Waals surface area contributed by atoms with Crippen molar-refractivity contribution < 1.29 is 9.53 Å². The van der Waals surface area contributed by atoms with Gasteiger partial charge in [0, 0.05) is 5.56 Å². The Bertz CT molecular complexity index is 827. The highest BCUT2D eigenvalue weighted by Crippen LogP contribution is 2.30. The highest BCUT2D eigenvalue weighted by atomic mass is 35.6. The molecule has 9 heteroatoms. The number of anilines is 1. The molecule has 0 aliphatic heterocycles. The number of rotatable bonds is 5. The predicted molar refractivity (Wildman–Crippen MR) is 115 cm³/mol. The van der Waals surface area contributed by atoms with E-state index in [2.05, 4.69) is 16.0 Å². The molecule has 2 aromatic rings. The van der Waals surface area contributed by atoms with Crippen LogP contribution in [0.4, 0.5) is 5.69 Å². The number of thiocarbonyl (C=S) groups is 1. The molecule has 144 valence electrons. The molecule has 0 heterocycles. The van der Waals surface area contributed by atoms with Crippen molar-refractivity contribution in [3.63, 3.8) is 0 Å². The summed E-state index contributed by atoms with van der Waals surface area (Å²) in [4.78, 5) is 12.5. The van der Waals surface area contributed by atoms with E-state index < -0.39 is 15.9 Å². The third-order valence-corrected chi connectivity index (χ3v) is 4.39. The van der Waals surface area contributed by atoms with Crippen LogP contribution in [0.3, 0.4) is 0 Å². The summed E-state index contributed by atoms with van der Waals surface area (Å²) in [5.41, 5.74) is 2.01. The van der Waals surface area contributed by atoms with Gasteiger partial charge in [-0.3, -0.25) is 4.79 Å². The molecule has 0 aromatic heterocycles. The van der Waals surface area contributed by atoms with Gasteiger partial charge in [0.1, 0.15) is 11.9 Å². The molecule has 0 aliphatic carbocycles. The van der Waals surface area contributed by atoms with E-state index in [1.807, 2.05) is 25.1 Å². The lowest BCUT2D eigenvalue weighted by Crippen LogP contribution is -2.56. The van der Waals surface area contributed by atoms with E-state index in [9.17, 15) is 4.79 Å². The van der Waals surface area contributed by atoms with Crippen molar-refractivity contribution in [3.05, 3.63) is 59.7 Å². The van der Waals surface area contributed by atoms with Crippen molar-refractivity contribution in [1.29, 1.82) is 0 Å². The van der Waals surface area contributed by atoms with Gasteiger partial charge in [-0.2, -0.15) is 0 Å². The zero-order valence-electron chi connectivity index (χ0n) is 14.6. The van der Waals surface area contributed by atoms with Gasteiger partial charge in [-0.25, -0.2) is 0 Å². The molecule has 2 rings (SSSR count). The molecule has 27 heavy (non-hydrogen) atoms. The molecule has 2 aromatic carbocycles. The first-order valence-corrected chi connectivity index (χ1v) is 9.39. The number of amides is 1. The maximum absolute atomic E-state index is 12.5. The van der Waals surface area contributed by atoms with Gasteiger partial charge < -0.3 is 20.7 Å². The molecule has 1 atom stereocenters. The molecule has 0 bridgehead atoms. The van der Waals surface area contributed by atoms with Crippen molar-refractivity contribution >= 4 is 63.7 Å². The molecule has 3 N–H and O–H groups in total. The highest BCUT2D eigenvalue weighted by Gasteiger charge is 2.35. The minimum atomic E-state index is -1.84. The maximum atomic E-state index is 12.5. The van der Waals surface area contributed by atoms with Gasteiger partial charge in [-0.05, 0) is 43.4 Å². The summed E-state index contributed by atoms with van der Waals surface area (Å²) in [7, 11) is 1.54. The van der Waals surface area contributed by atoms with E-state index >= 15 is 0 Å². The van der Waals surface area contributed by atoms with Crippen molar-refractivity contribution in [1.82, 2.24) is 10.6 Å². The van der Waals surface area contributed by atoms with Gasteiger partial charge in [0.15, 0.2) is 5.11 Å². The number of halogens is 3. The minimum Gasteiger partial charge on any atom is -0.495 e. The summed E-state index contributed by atoms with van der Waals surface area (Å²) < 4.78 is 3.41. The molecule has 0 fully saturated rings. The lowest BCUT2D eigenvalue weighted by Gasteiger charge is -2.28. The normalized spacial score (nSPS) is 12.0. The number of alkyl halides is 3. The van der Waals surface area contributed by atoms with Crippen molar-refractivity contribution in [2.24, 2.45) is 0 Å². The zero-order chi connectivity index (χ0) is 20.0. The van der Waals surface area contributed by atoms with Gasteiger partial charge in [0.05, 0.1) is 12.8 Å². The van der Waals surface area contributed by atoms with Crippen LogP contribution < -0.4 is 20.7 Å². The van der Waals surface area contributed by atoms with Gasteiger partial charge >= 0.3 is 0 Å². The average Bonchev–Trinajstić information content (AvgIpc) is 2.60. The zero-order valence-corrected chi connectivity index (χ0v) is 17.6. The van der Waals surface area contributed by atoms with Crippen LogP contribution in [0.15, 0.2) is 48.5 Å². The molecular formula is C18H18Cl3N3O2S. The number of hydrogen-bond acceptors (Lipinski definition) is 3. The predicted octanol–water partition coefficient (Wildman–Crippen LogP) is 4.42. The van der Waals surface area contributed by atoms with Crippen LogP contribution in [-0.4, -0.2) is 28.1 Å². The Morgan fingerprint density at radius 3 is 2.44 bits per heavy atom. The number of nitrogens with one attached hydrogen (secondary N) is 3. The fraction of sp³-hybridized carbons (Fsp3) is 0.222. The molecule has 0 radical (unpaired) electrons. The Hall–Kier alpha value is -1.73. The number of aryl methyl sites for hydroxylation is 1. The molecule has 0 spiro atoms. The number of hydrogen-bond donors (Lipinski definition) is 3. The van der Waals surface area contributed by atoms with Crippen molar-refractivity contribution in [2.45, 2.75) is 16.9 Å². The summed E-state index contributed by atoms with van der Waals surface area (Å²) in [5, 5.41) is 8.56. The van der Waals surface area contributed by atoms with Crippen molar-refractivity contribution in [2.75, 3.05) is 12.4 Å². The maximum Gasteiger partial charge on any atom is 0.252 e. The minimum absolute atomic E-state index is 0.153. The number of ether oxygens (including phenoxy) is 1. The number of carbonyl (C=O) groups is 1. The van der Waals surface area contributed by atoms with E-state index in [1.165, 1.54) is 0 Å². The Labute approximate surface area is 178 Å². The summed E-state index contributed by atoms with van der Waals surface area (Å²) in [5.74, 6) is 0.193. The number of methoxy groups -OCH3 is 1. The Morgan fingerprint density at radius 2 is 1.81 bits per heavy atom. The SMILES string of the molecule is COc1ccccc1NC(=S)NC(NC(=O)c1cccc(C)c1)C(Cl)(Cl)Cl. The second kappa shape index (κ2) is 9.46. The second-order valence-corrected chi connectivity index (χ2v) is 8.39.